The van der Waals surface area contributed by atoms with Gasteiger partial charge < -0.3 is 20.9 Å². The van der Waals surface area contributed by atoms with Crippen LogP contribution in [0.5, 0.6) is 0 Å². The number of nitrogens with one attached hydrogen (secondary N) is 3. The third kappa shape index (κ3) is 7.42. The summed E-state index contributed by atoms with van der Waals surface area (Å²) in [5.41, 5.74) is 0. The topological polar surface area (TPSA) is 68.8 Å². The molecule has 1 aliphatic heterocycles. The summed E-state index contributed by atoms with van der Waals surface area (Å²) in [4.78, 5) is 18.9. The van der Waals surface area contributed by atoms with E-state index in [0.717, 1.165) is 44.7 Å². The summed E-state index contributed by atoms with van der Waals surface area (Å²) >= 11 is 1.81. The lowest BCUT2D eigenvalue weighted by atomic mass is 9.95. The van der Waals surface area contributed by atoms with Crippen LogP contribution in [0.3, 0.4) is 0 Å². The molecular weight excluding hydrogens is 485 g/mol. The maximum Gasteiger partial charge on any atom is 0.221 e. The number of amides is 1. The Kier molecular flexibility index (Phi) is 10.4. The monoisotopic (exact) mass is 519 g/mol. The molecule has 1 aromatic rings. The van der Waals surface area contributed by atoms with Crippen LogP contribution in [0.4, 0.5) is 5.00 Å². The molecular formula is C20H34IN5OS. The highest BCUT2D eigenvalue weighted by atomic mass is 127. The molecule has 1 aromatic heterocycles. The summed E-state index contributed by atoms with van der Waals surface area (Å²) in [5, 5.41) is 13.5. The molecule has 158 valence electrons. The van der Waals surface area contributed by atoms with E-state index in [0.29, 0.717) is 25.0 Å². The molecule has 1 saturated carbocycles. The van der Waals surface area contributed by atoms with Crippen molar-refractivity contribution in [1.29, 1.82) is 0 Å². The fourth-order valence-corrected chi connectivity index (χ4v) is 4.71. The van der Waals surface area contributed by atoms with E-state index in [4.69, 9.17) is 0 Å². The third-order valence-corrected chi connectivity index (χ3v) is 6.42. The quantitative estimate of drug-likeness (QED) is 0.307. The maximum atomic E-state index is 12.1. The summed E-state index contributed by atoms with van der Waals surface area (Å²) in [6.07, 6.45) is 8.74. The zero-order valence-electron chi connectivity index (χ0n) is 16.8. The normalized spacial score (nSPS) is 19.0. The Morgan fingerprint density at radius 3 is 2.50 bits per heavy atom. The smallest absolute Gasteiger partial charge is 0.221 e. The fourth-order valence-electron chi connectivity index (χ4n) is 3.92. The molecule has 2 fully saturated rings. The number of hydrogen-bond donors (Lipinski definition) is 3. The zero-order valence-corrected chi connectivity index (χ0v) is 19.9. The Balaban J connectivity index is 0.00000280. The summed E-state index contributed by atoms with van der Waals surface area (Å²) in [6, 6.07) is 5.12. The van der Waals surface area contributed by atoms with Crippen LogP contribution in [0.1, 0.15) is 51.4 Å². The first-order valence-corrected chi connectivity index (χ1v) is 11.2. The van der Waals surface area contributed by atoms with Crippen molar-refractivity contribution < 1.29 is 4.79 Å². The number of halogens is 1. The molecule has 0 atom stereocenters. The van der Waals surface area contributed by atoms with Crippen LogP contribution in [0.2, 0.25) is 0 Å². The number of thiophene rings is 1. The number of piperidine rings is 1. The molecule has 2 heterocycles. The molecule has 1 amide bonds. The van der Waals surface area contributed by atoms with Gasteiger partial charge >= 0.3 is 0 Å². The number of guanidine groups is 1. The molecule has 3 rings (SSSR count). The molecule has 0 aromatic carbocycles. The lowest BCUT2D eigenvalue weighted by molar-refractivity contribution is -0.121. The number of rotatable bonds is 6. The van der Waals surface area contributed by atoms with E-state index in [9.17, 15) is 4.79 Å². The molecule has 0 radical (unpaired) electrons. The summed E-state index contributed by atoms with van der Waals surface area (Å²) in [5.74, 6) is 0.948. The first-order valence-electron chi connectivity index (χ1n) is 10.3. The second-order valence-electron chi connectivity index (χ2n) is 7.51. The maximum absolute atomic E-state index is 12.1. The van der Waals surface area contributed by atoms with Crippen molar-refractivity contribution in [3.63, 3.8) is 0 Å². The van der Waals surface area contributed by atoms with Gasteiger partial charge in [-0.3, -0.25) is 9.79 Å². The van der Waals surface area contributed by atoms with Crippen LogP contribution in [-0.4, -0.2) is 50.6 Å². The molecule has 1 saturated heterocycles. The van der Waals surface area contributed by atoms with E-state index >= 15 is 0 Å². The molecule has 0 bridgehead atoms. The van der Waals surface area contributed by atoms with Crippen LogP contribution >= 0.6 is 35.3 Å². The Morgan fingerprint density at radius 1 is 1.14 bits per heavy atom. The van der Waals surface area contributed by atoms with Gasteiger partial charge in [-0.15, -0.1) is 35.3 Å². The second kappa shape index (κ2) is 12.5. The minimum absolute atomic E-state index is 0. The van der Waals surface area contributed by atoms with Crippen LogP contribution < -0.4 is 20.9 Å². The SMILES string of the molecule is CN=C(NCCC(=O)NC1CCCCC1)NC1CCN(c2cccs2)CC1.I. The number of aliphatic imine (C=N–C) groups is 1. The Labute approximate surface area is 190 Å². The lowest BCUT2D eigenvalue weighted by Crippen LogP contribution is -2.49. The molecule has 0 unspecified atom stereocenters. The van der Waals surface area contributed by atoms with E-state index in [1.165, 1.54) is 24.3 Å². The van der Waals surface area contributed by atoms with E-state index < -0.39 is 0 Å². The van der Waals surface area contributed by atoms with Crippen molar-refractivity contribution in [3.05, 3.63) is 17.5 Å². The lowest BCUT2D eigenvalue weighted by Gasteiger charge is -2.33. The molecule has 8 heteroatoms. The van der Waals surface area contributed by atoms with Crippen molar-refractivity contribution in [2.24, 2.45) is 4.99 Å². The predicted molar refractivity (Wildman–Crippen MR) is 129 cm³/mol. The number of nitrogens with zero attached hydrogens (tertiary/aromatic N) is 2. The largest absolute Gasteiger partial charge is 0.363 e. The van der Waals surface area contributed by atoms with E-state index in [2.05, 4.69) is 43.4 Å². The Morgan fingerprint density at radius 2 is 1.86 bits per heavy atom. The number of anilines is 1. The number of carbonyl (C=O) groups excluding carboxylic acids is 1. The number of hydrogen-bond acceptors (Lipinski definition) is 4. The predicted octanol–water partition coefficient (Wildman–Crippen LogP) is 3.34. The van der Waals surface area contributed by atoms with E-state index in [-0.39, 0.29) is 29.9 Å². The average Bonchev–Trinajstić information content (AvgIpc) is 3.23. The van der Waals surface area contributed by atoms with E-state index in [1.807, 2.05) is 0 Å². The highest BCUT2D eigenvalue weighted by Crippen LogP contribution is 2.24. The molecule has 1 aliphatic carbocycles. The van der Waals surface area contributed by atoms with Gasteiger partial charge in [-0.1, -0.05) is 19.3 Å². The van der Waals surface area contributed by atoms with Gasteiger partial charge in [0.2, 0.25) is 5.91 Å². The van der Waals surface area contributed by atoms with Gasteiger partial charge in [0.1, 0.15) is 0 Å². The van der Waals surface area contributed by atoms with Crippen LogP contribution in [0, 0.1) is 0 Å². The van der Waals surface area contributed by atoms with Crippen molar-refractivity contribution in [2.45, 2.75) is 63.5 Å². The highest BCUT2D eigenvalue weighted by Gasteiger charge is 2.21. The molecule has 3 N–H and O–H groups in total. The van der Waals surface area contributed by atoms with Gasteiger partial charge in [-0.25, -0.2) is 0 Å². The van der Waals surface area contributed by atoms with Crippen molar-refractivity contribution in [2.75, 3.05) is 31.6 Å². The van der Waals surface area contributed by atoms with Crippen molar-refractivity contribution in [3.8, 4) is 0 Å². The average molecular weight is 519 g/mol. The van der Waals surface area contributed by atoms with Crippen LogP contribution in [0.25, 0.3) is 0 Å². The molecule has 0 spiro atoms. The van der Waals surface area contributed by atoms with Crippen LogP contribution in [-0.2, 0) is 4.79 Å². The van der Waals surface area contributed by atoms with Gasteiger partial charge in [0, 0.05) is 45.2 Å². The Bertz CT molecular complexity index is 596. The van der Waals surface area contributed by atoms with E-state index in [1.54, 1.807) is 18.4 Å². The van der Waals surface area contributed by atoms with Crippen LogP contribution in [0.15, 0.2) is 22.5 Å². The number of carbonyl (C=O) groups is 1. The summed E-state index contributed by atoms with van der Waals surface area (Å²) < 4.78 is 0. The fraction of sp³-hybridized carbons (Fsp3) is 0.700. The Hall–Kier alpha value is -1.03. The van der Waals surface area contributed by atoms with Gasteiger partial charge in [-0.2, -0.15) is 0 Å². The van der Waals surface area contributed by atoms with Gasteiger partial charge in [0.25, 0.3) is 0 Å². The molecule has 28 heavy (non-hydrogen) atoms. The molecule has 2 aliphatic rings. The minimum atomic E-state index is 0. The third-order valence-electron chi connectivity index (χ3n) is 5.49. The molecule has 6 nitrogen and oxygen atoms in total. The first kappa shape index (κ1) is 23.3. The van der Waals surface area contributed by atoms with Crippen molar-refractivity contribution in [1.82, 2.24) is 16.0 Å². The highest BCUT2D eigenvalue weighted by molar-refractivity contribution is 14.0. The summed E-state index contributed by atoms with van der Waals surface area (Å²) in [7, 11) is 1.79. The van der Waals surface area contributed by atoms with Gasteiger partial charge in [0.15, 0.2) is 5.96 Å². The second-order valence-corrected chi connectivity index (χ2v) is 8.43. The summed E-state index contributed by atoms with van der Waals surface area (Å²) in [6.45, 7) is 2.75. The van der Waals surface area contributed by atoms with Gasteiger partial charge in [0.05, 0.1) is 5.00 Å². The van der Waals surface area contributed by atoms with Crippen molar-refractivity contribution >= 4 is 52.2 Å². The zero-order chi connectivity index (χ0) is 18.9. The standard InChI is InChI=1S/C20H33N5OS.HI/c1-21-20(22-12-9-18(26)23-16-6-3-2-4-7-16)24-17-10-13-25(14-11-17)19-8-5-15-27-19;/h5,8,15-17H,2-4,6-7,9-14H2,1H3,(H,23,26)(H2,21,22,24);1H. The minimum Gasteiger partial charge on any atom is -0.363 e. The van der Waals surface area contributed by atoms with Gasteiger partial charge in [-0.05, 0) is 43.2 Å². The first-order chi connectivity index (χ1) is 13.2.